The van der Waals surface area contributed by atoms with Gasteiger partial charge in [0.25, 0.3) is 0 Å². The van der Waals surface area contributed by atoms with Gasteiger partial charge in [-0.3, -0.25) is 14.5 Å². The van der Waals surface area contributed by atoms with E-state index in [0.29, 0.717) is 28.1 Å². The SMILES string of the molecule is O=C(Nc1nc2[nH]nc(-n3cncc3-c3cccc4c3OCO4)c2s1)C1CC1. The van der Waals surface area contributed by atoms with Crippen molar-refractivity contribution in [2.75, 3.05) is 12.1 Å². The number of para-hydroxylation sites is 1. The van der Waals surface area contributed by atoms with Crippen LogP contribution in [0.25, 0.3) is 27.4 Å². The fourth-order valence-electron chi connectivity index (χ4n) is 3.27. The summed E-state index contributed by atoms with van der Waals surface area (Å²) >= 11 is 1.39. The average molecular weight is 394 g/mol. The molecule has 0 bridgehead atoms. The van der Waals surface area contributed by atoms with Gasteiger partial charge in [-0.1, -0.05) is 17.4 Å². The van der Waals surface area contributed by atoms with E-state index in [2.05, 4.69) is 25.5 Å². The molecule has 2 N–H and O–H groups in total. The summed E-state index contributed by atoms with van der Waals surface area (Å²) in [5.41, 5.74) is 2.33. The Balaban J connectivity index is 1.42. The molecule has 0 unspecified atom stereocenters. The Hall–Kier alpha value is -3.40. The number of hydrogen-bond donors (Lipinski definition) is 2. The summed E-state index contributed by atoms with van der Waals surface area (Å²) < 4.78 is 13.8. The summed E-state index contributed by atoms with van der Waals surface area (Å²) in [4.78, 5) is 20.8. The van der Waals surface area contributed by atoms with Crippen LogP contribution in [-0.4, -0.2) is 37.4 Å². The van der Waals surface area contributed by atoms with Crippen molar-refractivity contribution in [3.63, 3.8) is 0 Å². The molecule has 3 aromatic heterocycles. The first-order valence-electron chi connectivity index (χ1n) is 8.85. The van der Waals surface area contributed by atoms with Crippen molar-refractivity contribution < 1.29 is 14.3 Å². The molecular formula is C18H14N6O3S. The van der Waals surface area contributed by atoms with Gasteiger partial charge >= 0.3 is 0 Å². The maximum absolute atomic E-state index is 12.0. The van der Waals surface area contributed by atoms with Crippen molar-refractivity contribution in [2.45, 2.75) is 12.8 Å². The van der Waals surface area contributed by atoms with Crippen molar-refractivity contribution in [2.24, 2.45) is 5.92 Å². The van der Waals surface area contributed by atoms with Crippen LogP contribution >= 0.6 is 11.3 Å². The van der Waals surface area contributed by atoms with Crippen molar-refractivity contribution in [3.05, 3.63) is 30.7 Å². The molecule has 0 radical (unpaired) electrons. The molecule has 0 atom stereocenters. The third kappa shape index (κ3) is 2.38. The lowest BCUT2D eigenvalue weighted by Gasteiger charge is -2.08. The van der Waals surface area contributed by atoms with Crippen LogP contribution < -0.4 is 14.8 Å². The van der Waals surface area contributed by atoms with E-state index in [9.17, 15) is 4.79 Å². The number of hydrogen-bond acceptors (Lipinski definition) is 7. The first kappa shape index (κ1) is 15.6. The summed E-state index contributed by atoms with van der Waals surface area (Å²) in [6, 6.07) is 5.74. The number of rotatable bonds is 4. The Bertz CT molecular complexity index is 1220. The summed E-state index contributed by atoms with van der Waals surface area (Å²) in [6.07, 6.45) is 5.36. The highest BCUT2D eigenvalue weighted by molar-refractivity contribution is 7.22. The van der Waals surface area contributed by atoms with Crippen LogP contribution in [0.5, 0.6) is 11.5 Å². The van der Waals surface area contributed by atoms with E-state index in [1.54, 1.807) is 12.5 Å². The van der Waals surface area contributed by atoms with Gasteiger partial charge in [-0.15, -0.1) is 0 Å². The molecule has 1 fully saturated rings. The largest absolute Gasteiger partial charge is 0.454 e. The van der Waals surface area contributed by atoms with Crippen LogP contribution in [0.2, 0.25) is 0 Å². The van der Waals surface area contributed by atoms with Crippen LogP contribution in [0.1, 0.15) is 12.8 Å². The van der Waals surface area contributed by atoms with E-state index < -0.39 is 0 Å². The van der Waals surface area contributed by atoms with Crippen LogP contribution in [0.3, 0.4) is 0 Å². The smallest absolute Gasteiger partial charge is 0.231 e. The molecule has 4 aromatic rings. The van der Waals surface area contributed by atoms with E-state index >= 15 is 0 Å². The fraction of sp³-hybridized carbons (Fsp3) is 0.222. The number of carbonyl (C=O) groups is 1. The first-order chi connectivity index (χ1) is 13.8. The van der Waals surface area contributed by atoms with E-state index in [1.807, 2.05) is 22.8 Å². The van der Waals surface area contributed by atoms with Crippen LogP contribution in [0.15, 0.2) is 30.7 Å². The zero-order valence-electron chi connectivity index (χ0n) is 14.5. The van der Waals surface area contributed by atoms with Gasteiger partial charge in [-0.25, -0.2) is 9.97 Å². The molecule has 0 spiro atoms. The molecule has 6 rings (SSSR count). The molecule has 2 aliphatic rings. The number of nitrogens with one attached hydrogen (secondary N) is 2. The van der Waals surface area contributed by atoms with Crippen molar-refractivity contribution in [1.82, 2.24) is 24.7 Å². The number of nitrogens with zero attached hydrogens (tertiary/aromatic N) is 4. The van der Waals surface area contributed by atoms with Crippen LogP contribution in [0.4, 0.5) is 5.13 Å². The van der Waals surface area contributed by atoms with E-state index in [0.717, 1.165) is 28.8 Å². The van der Waals surface area contributed by atoms with Crippen molar-refractivity contribution >= 4 is 32.7 Å². The van der Waals surface area contributed by atoms with E-state index in [-0.39, 0.29) is 18.6 Å². The minimum absolute atomic E-state index is 0.0335. The predicted molar refractivity (Wildman–Crippen MR) is 102 cm³/mol. The number of anilines is 1. The minimum atomic E-state index is 0.0335. The van der Waals surface area contributed by atoms with E-state index in [4.69, 9.17) is 9.47 Å². The lowest BCUT2D eigenvalue weighted by atomic mass is 10.1. The predicted octanol–water partition coefficient (Wildman–Crippen LogP) is 2.95. The second-order valence-corrected chi connectivity index (χ2v) is 7.69. The summed E-state index contributed by atoms with van der Waals surface area (Å²) in [7, 11) is 0. The number of H-pyrrole nitrogens is 1. The summed E-state index contributed by atoms with van der Waals surface area (Å²) in [5, 5.41) is 10.8. The Morgan fingerprint density at radius 2 is 2.25 bits per heavy atom. The Labute approximate surface area is 162 Å². The lowest BCUT2D eigenvalue weighted by molar-refractivity contribution is -0.117. The third-order valence-electron chi connectivity index (χ3n) is 4.82. The van der Waals surface area contributed by atoms with Gasteiger partial charge in [0.2, 0.25) is 12.7 Å². The van der Waals surface area contributed by atoms with Crippen LogP contribution in [0, 0.1) is 5.92 Å². The second kappa shape index (κ2) is 5.80. The quantitative estimate of drug-likeness (QED) is 0.551. The molecule has 0 saturated heterocycles. The van der Waals surface area contributed by atoms with Crippen molar-refractivity contribution in [1.29, 1.82) is 0 Å². The van der Waals surface area contributed by atoms with Gasteiger partial charge in [0.1, 0.15) is 11.0 Å². The molecule has 9 nitrogen and oxygen atoms in total. The van der Waals surface area contributed by atoms with Crippen molar-refractivity contribution in [3.8, 4) is 28.6 Å². The minimum Gasteiger partial charge on any atom is -0.454 e. The van der Waals surface area contributed by atoms with Gasteiger partial charge < -0.3 is 14.8 Å². The summed E-state index contributed by atoms with van der Waals surface area (Å²) in [5.74, 6) is 2.23. The molecule has 1 aliphatic carbocycles. The highest BCUT2D eigenvalue weighted by Gasteiger charge is 2.30. The first-order valence-corrected chi connectivity index (χ1v) is 9.67. The molecule has 4 heterocycles. The van der Waals surface area contributed by atoms with Gasteiger partial charge in [-0.2, -0.15) is 5.10 Å². The molecule has 28 heavy (non-hydrogen) atoms. The average Bonchev–Trinajstić information content (AvgIpc) is 3.06. The monoisotopic (exact) mass is 394 g/mol. The zero-order chi connectivity index (χ0) is 18.7. The standard InChI is InChI=1S/C18H14N6O3S/c25-17(9-4-5-9)21-18-20-15-14(28-18)16(23-22-15)24-7-19-6-11(24)10-2-1-3-12-13(10)27-8-26-12/h1-3,6-7,9H,4-5,8H2,(H2,20,21,22,23,25). The van der Waals surface area contributed by atoms with Gasteiger partial charge in [0.05, 0.1) is 11.9 Å². The number of imidazole rings is 1. The maximum atomic E-state index is 12.0. The number of thiazole rings is 1. The summed E-state index contributed by atoms with van der Waals surface area (Å²) in [6.45, 7) is 0.200. The second-order valence-electron chi connectivity index (χ2n) is 6.70. The number of aromatic nitrogens is 5. The molecular weight excluding hydrogens is 380 g/mol. The van der Waals surface area contributed by atoms with Gasteiger partial charge in [0, 0.05) is 11.5 Å². The Morgan fingerprint density at radius 3 is 3.14 bits per heavy atom. The number of benzene rings is 1. The molecule has 140 valence electrons. The Morgan fingerprint density at radius 1 is 1.32 bits per heavy atom. The topological polar surface area (TPSA) is 107 Å². The molecule has 1 aromatic carbocycles. The molecule has 10 heteroatoms. The van der Waals surface area contributed by atoms with Gasteiger partial charge in [-0.05, 0) is 25.0 Å². The van der Waals surface area contributed by atoms with E-state index in [1.165, 1.54) is 11.3 Å². The number of fused-ring (bicyclic) bond motifs is 2. The van der Waals surface area contributed by atoms with Crippen LogP contribution in [-0.2, 0) is 4.79 Å². The molecule has 1 aliphatic heterocycles. The number of amides is 1. The normalized spacial score (nSPS) is 15.3. The highest BCUT2D eigenvalue weighted by atomic mass is 32.1. The third-order valence-corrected chi connectivity index (χ3v) is 5.78. The fourth-order valence-corrected chi connectivity index (χ4v) is 4.17. The lowest BCUT2D eigenvalue weighted by Crippen LogP contribution is -2.12. The molecule has 1 amide bonds. The number of aromatic amines is 1. The highest BCUT2D eigenvalue weighted by Crippen LogP contribution is 2.42. The van der Waals surface area contributed by atoms with Gasteiger partial charge in [0.15, 0.2) is 28.1 Å². The number of ether oxygens (including phenoxy) is 2. The Kier molecular flexibility index (Phi) is 3.24. The molecule has 1 saturated carbocycles. The number of carbonyl (C=O) groups excluding carboxylic acids is 1. The zero-order valence-corrected chi connectivity index (χ0v) is 15.3. The maximum Gasteiger partial charge on any atom is 0.231 e.